The number of alkyl halides is 9. The number of methoxy groups -OCH3 is 1. The highest BCUT2D eigenvalue weighted by molar-refractivity contribution is 4.74. The van der Waals surface area contributed by atoms with E-state index >= 15 is 0 Å². The second kappa shape index (κ2) is 13.3. The van der Waals surface area contributed by atoms with E-state index in [2.05, 4.69) is 4.74 Å². The van der Waals surface area contributed by atoms with Gasteiger partial charge in [0.25, 0.3) is 0 Å². The fourth-order valence-corrected chi connectivity index (χ4v) is 0.227. The zero-order valence-corrected chi connectivity index (χ0v) is 11.7. The Kier molecular flexibility index (Phi) is 18.4. The molecule has 0 rings (SSSR count). The van der Waals surface area contributed by atoms with Gasteiger partial charge in [-0.1, -0.05) is 0 Å². The van der Waals surface area contributed by atoms with Crippen LogP contribution in [-0.4, -0.2) is 52.5 Å². The van der Waals surface area contributed by atoms with Gasteiger partial charge in [0.1, 0.15) is 12.3 Å². The van der Waals surface area contributed by atoms with E-state index in [1.165, 1.54) is 13.8 Å². The third kappa shape index (κ3) is 15.4. The first-order valence-corrected chi connectivity index (χ1v) is 4.80. The summed E-state index contributed by atoms with van der Waals surface area (Å²) in [5.41, 5.74) is -1.62. The second-order valence-corrected chi connectivity index (χ2v) is 3.41. The molecule has 0 saturated heterocycles. The molecule has 0 spiro atoms. The molecule has 10 heteroatoms. The highest BCUT2D eigenvalue weighted by Gasteiger charge is 2.57. The molecule has 0 unspecified atom stereocenters. The molecule has 0 atom stereocenters. The minimum Gasteiger partial charge on any atom is -0.319 e. The van der Waals surface area contributed by atoms with Gasteiger partial charge in [-0.15, -0.1) is 0 Å². The Labute approximate surface area is 112 Å². The van der Waals surface area contributed by atoms with Crippen molar-refractivity contribution in [1.82, 2.24) is 0 Å². The summed E-state index contributed by atoms with van der Waals surface area (Å²) >= 11 is 0. The Balaban J connectivity index is -0.000000109. The number of rotatable bonds is 4. The molecule has 0 bridgehead atoms. The maximum atomic E-state index is 11.7. The Bertz CT molecular complexity index is 178. The van der Waals surface area contributed by atoms with Gasteiger partial charge in [-0.25, -0.2) is 13.2 Å². The topological polar surface area (TPSA) is 9.23 Å². The SMILES string of the molecule is CC(C)(F)CF.CF.CF.COC(F)(F)C(F)(F)CF. The number of hydrogen-bond acceptors (Lipinski definition) is 1. The van der Waals surface area contributed by atoms with Crippen LogP contribution < -0.4 is 0 Å². The lowest BCUT2D eigenvalue weighted by molar-refractivity contribution is -0.340. The van der Waals surface area contributed by atoms with Crippen LogP contribution in [0, 0.1) is 0 Å². The number of ether oxygens (including phenoxy) is 1. The van der Waals surface area contributed by atoms with Crippen LogP contribution in [0.1, 0.15) is 13.8 Å². The van der Waals surface area contributed by atoms with Crippen LogP contribution in [0.4, 0.5) is 39.5 Å². The van der Waals surface area contributed by atoms with Crippen molar-refractivity contribution in [3.05, 3.63) is 0 Å². The summed E-state index contributed by atoms with van der Waals surface area (Å²) in [6.45, 7) is -0.930. The predicted octanol–water partition coefficient (Wildman–Crippen LogP) is 4.71. The Morgan fingerprint density at radius 3 is 1.05 bits per heavy atom. The van der Waals surface area contributed by atoms with Crippen LogP contribution in [0.5, 0.6) is 0 Å². The van der Waals surface area contributed by atoms with Crippen LogP contribution >= 0.6 is 0 Å². The summed E-state index contributed by atoms with van der Waals surface area (Å²) < 4.78 is 103. The van der Waals surface area contributed by atoms with Crippen LogP contribution in [0.2, 0.25) is 0 Å². The maximum absolute atomic E-state index is 11.7. The molecule has 0 aromatic heterocycles. The third-order valence-corrected chi connectivity index (χ3v) is 1.17. The van der Waals surface area contributed by atoms with Crippen molar-refractivity contribution < 1.29 is 44.3 Å². The van der Waals surface area contributed by atoms with Crippen molar-refractivity contribution in [2.24, 2.45) is 0 Å². The molecule has 0 aromatic rings. The van der Waals surface area contributed by atoms with Crippen LogP contribution in [-0.2, 0) is 4.74 Å². The Morgan fingerprint density at radius 1 is 0.750 bits per heavy atom. The normalized spacial score (nSPS) is 11.1. The van der Waals surface area contributed by atoms with E-state index in [4.69, 9.17) is 0 Å². The highest BCUT2D eigenvalue weighted by atomic mass is 19.3. The smallest absolute Gasteiger partial charge is 0.319 e. The Hall–Kier alpha value is -0.670. The number of hydrogen-bond donors (Lipinski definition) is 0. The molecule has 0 aliphatic carbocycles. The van der Waals surface area contributed by atoms with Crippen molar-refractivity contribution in [3.8, 4) is 0 Å². The Morgan fingerprint density at radius 2 is 1.00 bits per heavy atom. The first kappa shape index (κ1) is 27.6. The van der Waals surface area contributed by atoms with E-state index in [-0.39, 0.29) is 0 Å². The average Bonchev–Trinajstić information content (AvgIpc) is 2.42. The minimum atomic E-state index is -4.73. The van der Waals surface area contributed by atoms with Crippen LogP contribution in [0.25, 0.3) is 0 Å². The predicted molar refractivity (Wildman–Crippen MR) is 58.1 cm³/mol. The molecule has 0 aliphatic rings. The minimum absolute atomic E-state index is 0.379. The molecule has 0 saturated carbocycles. The molecule has 0 N–H and O–H groups in total. The zero-order chi connectivity index (χ0) is 17.6. The van der Waals surface area contributed by atoms with Gasteiger partial charge < -0.3 is 4.74 Å². The van der Waals surface area contributed by atoms with Crippen molar-refractivity contribution in [2.45, 2.75) is 31.5 Å². The summed E-state index contributed by atoms with van der Waals surface area (Å²) in [6, 6.07) is 0. The molecule has 0 aliphatic heterocycles. The lowest BCUT2D eigenvalue weighted by atomic mass is 10.2. The second-order valence-electron chi connectivity index (χ2n) is 3.41. The van der Waals surface area contributed by atoms with Crippen LogP contribution in [0.15, 0.2) is 0 Å². The maximum Gasteiger partial charge on any atom is 0.421 e. The lowest BCUT2D eigenvalue weighted by Gasteiger charge is -2.21. The first-order valence-electron chi connectivity index (χ1n) is 4.80. The van der Waals surface area contributed by atoms with Crippen molar-refractivity contribution in [2.75, 3.05) is 34.8 Å². The van der Waals surface area contributed by atoms with Gasteiger partial charge in [0.2, 0.25) is 0 Å². The summed E-state index contributed by atoms with van der Waals surface area (Å²) in [5.74, 6) is -4.73. The summed E-state index contributed by atoms with van der Waals surface area (Å²) in [5, 5.41) is 0. The molecule has 128 valence electrons. The molecule has 1 nitrogen and oxygen atoms in total. The van der Waals surface area contributed by atoms with Gasteiger partial charge >= 0.3 is 12.0 Å². The standard InChI is InChI=1S/C4H5F5O.C4H8F2.2CH3F/c1-10-4(8,9)3(6,7)2-5;1-4(2,6)3-5;2*1-2/h2H2,1H3;3H2,1-2H3;2*1H3. The van der Waals surface area contributed by atoms with Gasteiger partial charge in [0.15, 0.2) is 6.67 Å². The molecule has 0 heterocycles. The fraction of sp³-hybridized carbons (Fsp3) is 1.00. The third-order valence-electron chi connectivity index (χ3n) is 1.17. The molecule has 0 amide bonds. The largest absolute Gasteiger partial charge is 0.421 e. The van der Waals surface area contributed by atoms with E-state index < -0.39 is 31.0 Å². The van der Waals surface area contributed by atoms with Gasteiger partial charge in [0.05, 0.1) is 14.4 Å². The van der Waals surface area contributed by atoms with E-state index in [0.29, 0.717) is 21.5 Å². The van der Waals surface area contributed by atoms with E-state index in [1.807, 2.05) is 0 Å². The van der Waals surface area contributed by atoms with E-state index in [0.717, 1.165) is 0 Å². The number of halogens is 9. The lowest BCUT2D eigenvalue weighted by Crippen LogP contribution is -2.43. The van der Waals surface area contributed by atoms with Gasteiger partial charge in [-0.05, 0) is 13.8 Å². The highest BCUT2D eigenvalue weighted by Crippen LogP contribution is 2.34. The first-order chi connectivity index (χ1) is 8.93. The van der Waals surface area contributed by atoms with Crippen molar-refractivity contribution in [3.63, 3.8) is 0 Å². The molecular formula is C10H19F9O. The fourth-order valence-electron chi connectivity index (χ4n) is 0.227. The molecular weight excluding hydrogens is 307 g/mol. The van der Waals surface area contributed by atoms with Crippen LogP contribution in [0.3, 0.4) is 0 Å². The summed E-state index contributed by atoms with van der Waals surface area (Å²) in [4.78, 5) is 0. The molecule has 20 heavy (non-hydrogen) atoms. The van der Waals surface area contributed by atoms with Gasteiger partial charge in [-0.3, -0.25) is 8.78 Å². The summed E-state index contributed by atoms with van der Waals surface area (Å²) in [7, 11) is 1.38. The average molecular weight is 326 g/mol. The monoisotopic (exact) mass is 326 g/mol. The van der Waals surface area contributed by atoms with E-state index in [1.54, 1.807) is 0 Å². The van der Waals surface area contributed by atoms with E-state index in [9.17, 15) is 39.5 Å². The van der Waals surface area contributed by atoms with Gasteiger partial charge in [0, 0.05) is 7.11 Å². The molecule has 0 fully saturated rings. The quantitative estimate of drug-likeness (QED) is 0.680. The van der Waals surface area contributed by atoms with Gasteiger partial charge in [-0.2, -0.15) is 17.6 Å². The van der Waals surface area contributed by atoms with Crippen molar-refractivity contribution >= 4 is 0 Å². The van der Waals surface area contributed by atoms with Crippen molar-refractivity contribution in [1.29, 1.82) is 0 Å². The summed E-state index contributed by atoms with van der Waals surface area (Å²) in [6.07, 6.45) is -4.72. The zero-order valence-electron chi connectivity index (χ0n) is 11.7. The molecule has 0 aromatic carbocycles. The molecule has 0 radical (unpaired) electrons.